The third kappa shape index (κ3) is 5.63. The lowest BCUT2D eigenvalue weighted by atomic mass is 9.95. The number of amides is 1. The van der Waals surface area contributed by atoms with E-state index in [-0.39, 0.29) is 17.7 Å². The van der Waals surface area contributed by atoms with Gasteiger partial charge in [0.05, 0.1) is 17.4 Å². The molecule has 1 aromatic heterocycles. The minimum Gasteiger partial charge on any atom is -0.490 e. The number of anilines is 2. The van der Waals surface area contributed by atoms with Crippen molar-refractivity contribution in [1.82, 2.24) is 20.2 Å². The van der Waals surface area contributed by atoms with Gasteiger partial charge in [0.15, 0.2) is 0 Å². The minimum absolute atomic E-state index is 0.181. The maximum absolute atomic E-state index is 13.6. The fourth-order valence-corrected chi connectivity index (χ4v) is 3.66. The lowest BCUT2D eigenvalue weighted by Crippen LogP contribution is -2.44. The first-order valence-corrected chi connectivity index (χ1v) is 10.7. The van der Waals surface area contributed by atoms with E-state index in [0.29, 0.717) is 43.2 Å². The molecule has 4 rings (SSSR count). The molecule has 0 spiro atoms. The predicted octanol–water partition coefficient (Wildman–Crippen LogP) is 2.46. The van der Waals surface area contributed by atoms with E-state index < -0.39 is 6.04 Å². The Morgan fingerprint density at radius 1 is 1.24 bits per heavy atom. The Morgan fingerprint density at radius 2 is 2.09 bits per heavy atom. The number of halogens is 1. The van der Waals surface area contributed by atoms with Crippen LogP contribution in [0.5, 0.6) is 5.75 Å². The standard InChI is InChI=1S/C24H27FN6O2/c1-31(2)9-10-33-22-13-15(19-7-8-27-24(26)30-19)4-6-20(22)29-23(32)21-12-17-11-18(25)5-3-16(17)14-28-21/h3-8,11,13,21,28H,9-10,12,14H2,1-2H3,(H,29,32)(H2,26,27,30)/t21-/m0/s1. The number of carbonyl (C=O) groups is 1. The number of fused-ring (bicyclic) bond motifs is 1. The van der Waals surface area contributed by atoms with Gasteiger partial charge in [0.2, 0.25) is 11.9 Å². The van der Waals surface area contributed by atoms with E-state index in [1.807, 2.05) is 31.1 Å². The van der Waals surface area contributed by atoms with E-state index in [1.165, 1.54) is 12.1 Å². The Morgan fingerprint density at radius 3 is 2.88 bits per heavy atom. The highest BCUT2D eigenvalue weighted by atomic mass is 19.1. The molecule has 172 valence electrons. The van der Waals surface area contributed by atoms with Crippen molar-refractivity contribution in [3.05, 3.63) is 65.6 Å². The van der Waals surface area contributed by atoms with Crippen LogP contribution in [0.2, 0.25) is 0 Å². The van der Waals surface area contributed by atoms with Crippen LogP contribution in [0, 0.1) is 5.82 Å². The summed E-state index contributed by atoms with van der Waals surface area (Å²) >= 11 is 0. The average molecular weight is 451 g/mol. The van der Waals surface area contributed by atoms with Crippen molar-refractivity contribution in [3.8, 4) is 17.0 Å². The predicted molar refractivity (Wildman–Crippen MR) is 125 cm³/mol. The molecule has 0 radical (unpaired) electrons. The molecule has 1 aliphatic heterocycles. The summed E-state index contributed by atoms with van der Waals surface area (Å²) in [5, 5.41) is 6.19. The summed E-state index contributed by atoms with van der Waals surface area (Å²) < 4.78 is 19.6. The zero-order valence-electron chi connectivity index (χ0n) is 18.6. The number of nitrogens with one attached hydrogen (secondary N) is 2. The number of ether oxygens (including phenoxy) is 1. The minimum atomic E-state index is -0.477. The van der Waals surface area contributed by atoms with Crippen molar-refractivity contribution >= 4 is 17.5 Å². The Labute approximate surface area is 192 Å². The van der Waals surface area contributed by atoms with Gasteiger partial charge in [-0.1, -0.05) is 12.1 Å². The molecule has 0 unspecified atom stereocenters. The van der Waals surface area contributed by atoms with Gasteiger partial charge in [-0.15, -0.1) is 0 Å². The number of carbonyl (C=O) groups excluding carboxylic acids is 1. The zero-order valence-corrected chi connectivity index (χ0v) is 18.6. The Hall–Kier alpha value is -3.56. The highest BCUT2D eigenvalue weighted by Crippen LogP contribution is 2.31. The second-order valence-electron chi connectivity index (χ2n) is 8.20. The van der Waals surface area contributed by atoms with Crippen LogP contribution in [-0.4, -0.2) is 54.1 Å². The molecule has 1 amide bonds. The van der Waals surface area contributed by atoms with Crippen molar-refractivity contribution in [2.24, 2.45) is 0 Å². The summed E-state index contributed by atoms with van der Waals surface area (Å²) in [6, 6.07) is 11.4. The molecule has 1 atom stereocenters. The fraction of sp³-hybridized carbons (Fsp3) is 0.292. The number of nitrogen functional groups attached to an aromatic ring is 1. The van der Waals surface area contributed by atoms with Crippen LogP contribution in [0.25, 0.3) is 11.3 Å². The van der Waals surface area contributed by atoms with Gasteiger partial charge in [0.25, 0.3) is 0 Å². The number of benzene rings is 2. The Balaban J connectivity index is 1.54. The van der Waals surface area contributed by atoms with Gasteiger partial charge in [-0.2, -0.15) is 0 Å². The van der Waals surface area contributed by atoms with Crippen molar-refractivity contribution in [2.75, 3.05) is 38.3 Å². The number of hydrogen-bond donors (Lipinski definition) is 3. The summed E-state index contributed by atoms with van der Waals surface area (Å²) in [4.78, 5) is 23.2. The smallest absolute Gasteiger partial charge is 0.241 e. The van der Waals surface area contributed by atoms with E-state index in [9.17, 15) is 9.18 Å². The van der Waals surface area contributed by atoms with Crippen molar-refractivity contribution < 1.29 is 13.9 Å². The van der Waals surface area contributed by atoms with Gasteiger partial charge in [0, 0.05) is 24.8 Å². The van der Waals surface area contributed by atoms with Crippen LogP contribution >= 0.6 is 0 Å². The Kier molecular flexibility index (Phi) is 6.81. The lowest BCUT2D eigenvalue weighted by Gasteiger charge is -2.26. The molecule has 33 heavy (non-hydrogen) atoms. The van der Waals surface area contributed by atoms with Crippen LogP contribution in [0.15, 0.2) is 48.7 Å². The van der Waals surface area contributed by atoms with E-state index in [0.717, 1.165) is 16.7 Å². The van der Waals surface area contributed by atoms with E-state index in [2.05, 4.69) is 20.6 Å². The average Bonchev–Trinajstić information content (AvgIpc) is 2.79. The van der Waals surface area contributed by atoms with Gasteiger partial charge in [0.1, 0.15) is 18.2 Å². The maximum atomic E-state index is 13.6. The van der Waals surface area contributed by atoms with Gasteiger partial charge in [-0.25, -0.2) is 14.4 Å². The van der Waals surface area contributed by atoms with E-state index in [1.54, 1.807) is 24.4 Å². The topological polar surface area (TPSA) is 105 Å². The van der Waals surface area contributed by atoms with Gasteiger partial charge in [-0.05, 0) is 62.0 Å². The van der Waals surface area contributed by atoms with Gasteiger partial charge in [-0.3, -0.25) is 4.79 Å². The number of rotatable bonds is 7. The molecule has 4 N–H and O–H groups in total. The van der Waals surface area contributed by atoms with E-state index >= 15 is 0 Å². The summed E-state index contributed by atoms with van der Waals surface area (Å²) in [6.07, 6.45) is 2.00. The monoisotopic (exact) mass is 450 g/mol. The first-order chi connectivity index (χ1) is 15.9. The molecule has 0 bridgehead atoms. The first kappa shape index (κ1) is 22.6. The molecule has 0 saturated carbocycles. The molecular formula is C24H27FN6O2. The van der Waals surface area contributed by atoms with Crippen LogP contribution in [-0.2, 0) is 17.8 Å². The number of nitrogens with two attached hydrogens (primary N) is 1. The lowest BCUT2D eigenvalue weighted by molar-refractivity contribution is -0.118. The number of nitrogens with zero attached hydrogens (tertiary/aromatic N) is 3. The molecule has 0 fully saturated rings. The molecule has 2 heterocycles. The summed E-state index contributed by atoms with van der Waals surface area (Å²) in [5.41, 5.74) is 9.57. The quantitative estimate of drug-likeness (QED) is 0.508. The second kappa shape index (κ2) is 9.93. The third-order valence-electron chi connectivity index (χ3n) is 5.45. The van der Waals surface area contributed by atoms with Crippen LogP contribution < -0.4 is 21.1 Å². The van der Waals surface area contributed by atoms with Crippen molar-refractivity contribution in [3.63, 3.8) is 0 Å². The largest absolute Gasteiger partial charge is 0.490 e. The maximum Gasteiger partial charge on any atom is 0.241 e. The molecule has 0 saturated heterocycles. The molecule has 3 aromatic rings. The molecule has 2 aromatic carbocycles. The number of hydrogen-bond acceptors (Lipinski definition) is 7. The van der Waals surface area contributed by atoms with Crippen LogP contribution in [0.4, 0.5) is 16.0 Å². The summed E-state index contributed by atoms with van der Waals surface area (Å²) in [5.74, 6) is 0.205. The molecule has 8 nitrogen and oxygen atoms in total. The third-order valence-corrected chi connectivity index (χ3v) is 5.45. The summed E-state index contributed by atoms with van der Waals surface area (Å²) in [7, 11) is 3.92. The van der Waals surface area contributed by atoms with Crippen LogP contribution in [0.3, 0.4) is 0 Å². The van der Waals surface area contributed by atoms with Crippen molar-refractivity contribution in [2.45, 2.75) is 19.0 Å². The SMILES string of the molecule is CN(C)CCOc1cc(-c2ccnc(N)n2)ccc1NC(=O)[C@@H]1Cc2cc(F)ccc2CN1. The molecule has 1 aliphatic rings. The molecular weight excluding hydrogens is 423 g/mol. The normalized spacial score (nSPS) is 15.2. The Bertz CT molecular complexity index is 1150. The first-order valence-electron chi connectivity index (χ1n) is 10.7. The van der Waals surface area contributed by atoms with Gasteiger partial charge < -0.3 is 26.0 Å². The highest BCUT2D eigenvalue weighted by molar-refractivity contribution is 5.96. The highest BCUT2D eigenvalue weighted by Gasteiger charge is 2.25. The zero-order chi connectivity index (χ0) is 23.4. The number of aromatic nitrogens is 2. The van der Waals surface area contributed by atoms with E-state index in [4.69, 9.17) is 10.5 Å². The van der Waals surface area contributed by atoms with Gasteiger partial charge >= 0.3 is 0 Å². The van der Waals surface area contributed by atoms with Crippen LogP contribution in [0.1, 0.15) is 11.1 Å². The molecule has 9 heteroatoms. The number of likely N-dealkylation sites (N-methyl/N-ethyl adjacent to an activating group) is 1. The molecule has 0 aliphatic carbocycles. The summed E-state index contributed by atoms with van der Waals surface area (Å²) in [6.45, 7) is 1.66. The second-order valence-corrected chi connectivity index (χ2v) is 8.20. The van der Waals surface area contributed by atoms with Crippen molar-refractivity contribution in [1.29, 1.82) is 0 Å². The fourth-order valence-electron chi connectivity index (χ4n) is 3.66.